The molecule has 0 spiro atoms. The maximum absolute atomic E-state index is 11.9. The average Bonchev–Trinajstić information content (AvgIpc) is 2.37. The summed E-state index contributed by atoms with van der Waals surface area (Å²) < 4.78 is 35.9. The third kappa shape index (κ3) is 4.84. The lowest BCUT2D eigenvalue weighted by Crippen LogP contribution is -2.22. The van der Waals surface area contributed by atoms with E-state index in [2.05, 4.69) is 10.3 Å². The minimum absolute atomic E-state index is 0.128. The summed E-state index contributed by atoms with van der Waals surface area (Å²) in [4.78, 5) is 4.26. The Balaban J connectivity index is 2.70. The van der Waals surface area contributed by atoms with Crippen molar-refractivity contribution in [3.05, 3.63) is 18.3 Å². The normalized spacial score (nSPS) is 15.1. The van der Waals surface area contributed by atoms with E-state index in [1.54, 1.807) is 12.3 Å². The second-order valence-electron chi connectivity index (χ2n) is 4.78. The smallest absolute Gasteiger partial charge is 0.244 e. The van der Waals surface area contributed by atoms with Gasteiger partial charge in [-0.1, -0.05) is 0 Å². The van der Waals surface area contributed by atoms with Crippen LogP contribution < -0.4 is 5.32 Å². The van der Waals surface area contributed by atoms with Crippen LogP contribution >= 0.6 is 0 Å². The van der Waals surface area contributed by atoms with E-state index < -0.39 is 20.8 Å². The van der Waals surface area contributed by atoms with E-state index in [0.29, 0.717) is 11.6 Å². The highest BCUT2D eigenvalue weighted by molar-refractivity contribution is 7.89. The molecule has 0 aliphatic heterocycles. The zero-order valence-electron chi connectivity index (χ0n) is 12.2. The Kier molecular flexibility index (Phi) is 6.09. The topological polar surface area (TPSA) is 79.4 Å². The average molecular weight is 319 g/mol. The fraction of sp³-hybridized carbons (Fsp3) is 0.583. The minimum atomic E-state index is -3.44. The van der Waals surface area contributed by atoms with E-state index in [4.69, 9.17) is 0 Å². The van der Waals surface area contributed by atoms with Crippen LogP contribution in [0.1, 0.15) is 13.3 Å². The summed E-state index contributed by atoms with van der Waals surface area (Å²) in [5.41, 5.74) is 0. The van der Waals surface area contributed by atoms with Crippen LogP contribution in [0.4, 0.5) is 5.82 Å². The molecule has 2 unspecified atom stereocenters. The third-order valence-electron chi connectivity index (χ3n) is 2.75. The van der Waals surface area contributed by atoms with Crippen molar-refractivity contribution < 1.29 is 12.6 Å². The minimum Gasteiger partial charge on any atom is -0.368 e. The van der Waals surface area contributed by atoms with Gasteiger partial charge < -0.3 is 5.32 Å². The molecule has 0 fully saturated rings. The van der Waals surface area contributed by atoms with E-state index in [1.807, 2.05) is 6.92 Å². The zero-order chi connectivity index (χ0) is 15.3. The summed E-state index contributed by atoms with van der Waals surface area (Å²) in [5, 5.41) is 3.15. The van der Waals surface area contributed by atoms with Crippen LogP contribution in [0.3, 0.4) is 0 Å². The Morgan fingerprint density at radius 2 is 2.05 bits per heavy atom. The number of aromatic nitrogens is 1. The highest BCUT2D eigenvalue weighted by Gasteiger charge is 2.17. The molecule has 0 aliphatic rings. The molecule has 1 heterocycles. The van der Waals surface area contributed by atoms with Crippen molar-refractivity contribution in [2.24, 2.45) is 0 Å². The van der Waals surface area contributed by atoms with E-state index in [1.165, 1.54) is 26.4 Å². The van der Waals surface area contributed by atoms with Crippen LogP contribution in [0.2, 0.25) is 0 Å². The Hall–Kier alpha value is -0.990. The number of rotatable bonds is 7. The van der Waals surface area contributed by atoms with Gasteiger partial charge in [-0.05, 0) is 25.5 Å². The van der Waals surface area contributed by atoms with Gasteiger partial charge in [0.05, 0.1) is 0 Å². The van der Waals surface area contributed by atoms with E-state index in [-0.39, 0.29) is 10.9 Å². The van der Waals surface area contributed by atoms with Crippen molar-refractivity contribution in [2.75, 3.05) is 31.4 Å². The highest BCUT2D eigenvalue weighted by atomic mass is 32.2. The molecule has 2 atom stereocenters. The lowest BCUT2D eigenvalue weighted by Gasteiger charge is -2.15. The first-order valence-corrected chi connectivity index (χ1v) is 9.35. The fourth-order valence-corrected chi connectivity index (χ4v) is 3.03. The monoisotopic (exact) mass is 319 g/mol. The lowest BCUT2D eigenvalue weighted by molar-refractivity contribution is 0.520. The Morgan fingerprint density at radius 3 is 2.50 bits per heavy atom. The lowest BCUT2D eigenvalue weighted by atomic mass is 10.2. The van der Waals surface area contributed by atoms with Crippen molar-refractivity contribution in [3.63, 3.8) is 0 Å². The number of pyridine rings is 1. The number of hydrogen-bond acceptors (Lipinski definition) is 5. The zero-order valence-corrected chi connectivity index (χ0v) is 13.8. The standard InChI is InChI=1S/C12H21N3O3S2/c1-10(7-8-19(4)16)14-12-6-5-11(9-13-12)20(17,18)15(2)3/h5-6,9-10H,7-8H2,1-4H3,(H,13,14). The van der Waals surface area contributed by atoms with Gasteiger partial charge in [0.15, 0.2) is 0 Å². The summed E-state index contributed by atoms with van der Waals surface area (Å²) in [6, 6.07) is 3.29. The van der Waals surface area contributed by atoms with Crippen molar-refractivity contribution >= 4 is 26.6 Å². The van der Waals surface area contributed by atoms with Gasteiger partial charge in [-0.3, -0.25) is 4.21 Å². The van der Waals surface area contributed by atoms with E-state index >= 15 is 0 Å². The van der Waals surface area contributed by atoms with E-state index in [9.17, 15) is 12.6 Å². The van der Waals surface area contributed by atoms with Gasteiger partial charge in [0, 0.05) is 49.1 Å². The number of anilines is 1. The van der Waals surface area contributed by atoms with Crippen molar-refractivity contribution in [1.82, 2.24) is 9.29 Å². The Morgan fingerprint density at radius 1 is 1.40 bits per heavy atom. The molecule has 0 aromatic carbocycles. The van der Waals surface area contributed by atoms with Crippen LogP contribution in [-0.4, -0.2) is 54.1 Å². The molecule has 6 nitrogen and oxygen atoms in total. The maximum Gasteiger partial charge on any atom is 0.244 e. The molecule has 20 heavy (non-hydrogen) atoms. The molecule has 0 radical (unpaired) electrons. The van der Waals surface area contributed by atoms with Crippen LogP contribution in [0, 0.1) is 0 Å². The molecule has 0 amide bonds. The fourth-order valence-electron chi connectivity index (χ4n) is 1.50. The molecular formula is C12H21N3O3S2. The third-order valence-corrected chi connectivity index (χ3v) is 5.36. The van der Waals surface area contributed by atoms with Gasteiger partial charge in [-0.15, -0.1) is 0 Å². The van der Waals surface area contributed by atoms with Crippen LogP contribution in [0.15, 0.2) is 23.2 Å². The predicted octanol–water partition coefficient (Wildman–Crippen LogP) is 0.901. The van der Waals surface area contributed by atoms with Gasteiger partial charge in [-0.25, -0.2) is 17.7 Å². The SMILES string of the molecule is CC(CCS(C)=O)Nc1ccc(S(=O)(=O)N(C)C)cn1. The summed E-state index contributed by atoms with van der Waals surface area (Å²) in [6.45, 7) is 1.97. The molecule has 0 aliphatic carbocycles. The van der Waals surface area contributed by atoms with Crippen molar-refractivity contribution in [2.45, 2.75) is 24.3 Å². The van der Waals surface area contributed by atoms with Crippen molar-refractivity contribution in [1.29, 1.82) is 0 Å². The molecular weight excluding hydrogens is 298 g/mol. The molecule has 0 saturated carbocycles. The molecule has 1 rings (SSSR count). The second kappa shape index (κ2) is 7.14. The molecule has 1 N–H and O–H groups in total. The molecule has 0 saturated heterocycles. The Labute approximate surface area is 123 Å². The highest BCUT2D eigenvalue weighted by Crippen LogP contribution is 2.14. The predicted molar refractivity (Wildman–Crippen MR) is 81.7 cm³/mol. The quantitative estimate of drug-likeness (QED) is 0.808. The molecule has 0 bridgehead atoms. The molecule has 1 aromatic heterocycles. The van der Waals surface area contributed by atoms with Gasteiger partial charge >= 0.3 is 0 Å². The molecule has 114 valence electrons. The summed E-state index contributed by atoms with van der Waals surface area (Å²) >= 11 is 0. The van der Waals surface area contributed by atoms with Crippen LogP contribution in [0.5, 0.6) is 0 Å². The van der Waals surface area contributed by atoms with E-state index in [0.717, 1.165) is 10.7 Å². The number of sulfonamides is 1. The Bertz CT molecular complexity index is 556. The van der Waals surface area contributed by atoms with Crippen LogP contribution in [0.25, 0.3) is 0 Å². The largest absolute Gasteiger partial charge is 0.368 e. The summed E-state index contributed by atoms with van der Waals surface area (Å²) in [7, 11) is -1.29. The molecule has 8 heteroatoms. The summed E-state index contributed by atoms with van der Waals surface area (Å²) in [6.07, 6.45) is 3.77. The summed E-state index contributed by atoms with van der Waals surface area (Å²) in [5.74, 6) is 1.23. The maximum atomic E-state index is 11.9. The van der Waals surface area contributed by atoms with Crippen LogP contribution in [-0.2, 0) is 20.8 Å². The number of hydrogen-bond donors (Lipinski definition) is 1. The molecule has 1 aromatic rings. The van der Waals surface area contributed by atoms with Gasteiger partial charge in [0.2, 0.25) is 10.0 Å². The van der Waals surface area contributed by atoms with Crippen molar-refractivity contribution in [3.8, 4) is 0 Å². The van der Waals surface area contributed by atoms with Gasteiger partial charge in [0.1, 0.15) is 10.7 Å². The first-order chi connectivity index (χ1) is 9.23. The second-order valence-corrected chi connectivity index (χ2v) is 8.48. The van der Waals surface area contributed by atoms with Gasteiger partial charge in [0.25, 0.3) is 0 Å². The first kappa shape index (κ1) is 17.1. The first-order valence-electron chi connectivity index (χ1n) is 6.18. The van der Waals surface area contributed by atoms with Gasteiger partial charge in [-0.2, -0.15) is 0 Å². The number of nitrogens with one attached hydrogen (secondary N) is 1. The number of nitrogens with zero attached hydrogens (tertiary/aromatic N) is 2.